The molecular formula is C13H17NO3. The summed E-state index contributed by atoms with van der Waals surface area (Å²) < 4.78 is 5.51. The van der Waals surface area contributed by atoms with E-state index in [1.165, 1.54) is 0 Å². The van der Waals surface area contributed by atoms with E-state index in [-0.39, 0.29) is 0 Å². The molecule has 0 saturated carbocycles. The van der Waals surface area contributed by atoms with E-state index in [1.54, 1.807) is 13.8 Å². The van der Waals surface area contributed by atoms with E-state index < -0.39 is 11.5 Å². The third-order valence-corrected chi connectivity index (χ3v) is 2.90. The van der Waals surface area contributed by atoms with E-state index in [9.17, 15) is 4.79 Å². The van der Waals surface area contributed by atoms with Gasteiger partial charge in [-0.2, -0.15) is 0 Å². The second-order valence-electron chi connectivity index (χ2n) is 4.83. The molecule has 2 rings (SSSR count). The maximum Gasteiger partial charge on any atom is 0.328 e. The average Bonchev–Trinajstić information content (AvgIpc) is 2.28. The van der Waals surface area contributed by atoms with E-state index >= 15 is 0 Å². The fourth-order valence-corrected chi connectivity index (χ4v) is 1.85. The number of rotatable bonds is 3. The van der Waals surface area contributed by atoms with E-state index in [2.05, 4.69) is 5.32 Å². The van der Waals surface area contributed by atoms with Crippen LogP contribution in [0.25, 0.3) is 0 Å². The van der Waals surface area contributed by atoms with Crippen LogP contribution in [-0.4, -0.2) is 23.2 Å². The first-order valence-electron chi connectivity index (χ1n) is 5.76. The quantitative estimate of drug-likeness (QED) is 0.844. The number of carboxylic acid groups (broad SMARTS) is 1. The summed E-state index contributed by atoms with van der Waals surface area (Å²) in [6, 6.07) is 5.72. The van der Waals surface area contributed by atoms with Crippen LogP contribution in [0.4, 0.5) is 5.69 Å². The molecule has 0 unspecified atom stereocenters. The predicted octanol–water partition coefficient (Wildman–Crippen LogP) is 2.29. The molecule has 0 bridgehead atoms. The molecule has 0 fully saturated rings. The number of ether oxygens (including phenoxy) is 1. The van der Waals surface area contributed by atoms with Crippen LogP contribution in [0.5, 0.6) is 5.75 Å². The number of aryl methyl sites for hydroxylation is 1. The molecule has 1 aliphatic rings. The minimum absolute atomic E-state index is 0.764. The summed E-state index contributed by atoms with van der Waals surface area (Å²) in [5.74, 6) is 0.0430. The number of fused-ring (bicyclic) bond motifs is 1. The highest BCUT2D eigenvalue weighted by Crippen LogP contribution is 2.28. The number of carboxylic acids is 1. The van der Waals surface area contributed by atoms with Crippen molar-refractivity contribution < 1.29 is 14.6 Å². The third-order valence-electron chi connectivity index (χ3n) is 2.90. The number of nitrogens with one attached hydrogen (secondary N) is 1. The van der Waals surface area contributed by atoms with Gasteiger partial charge in [0.15, 0.2) is 0 Å². The first kappa shape index (κ1) is 11.8. The molecule has 0 spiro atoms. The molecule has 4 nitrogen and oxygen atoms in total. The third kappa shape index (κ3) is 2.52. The molecular weight excluding hydrogens is 218 g/mol. The highest BCUT2D eigenvalue weighted by molar-refractivity contribution is 5.81. The summed E-state index contributed by atoms with van der Waals surface area (Å²) in [5, 5.41) is 12.1. The highest BCUT2D eigenvalue weighted by atomic mass is 16.5. The smallest absolute Gasteiger partial charge is 0.328 e. The molecule has 1 aromatic carbocycles. The Morgan fingerprint density at radius 3 is 2.94 bits per heavy atom. The van der Waals surface area contributed by atoms with Crippen LogP contribution in [0.15, 0.2) is 18.2 Å². The van der Waals surface area contributed by atoms with Crippen LogP contribution in [0.2, 0.25) is 0 Å². The molecule has 0 atom stereocenters. The number of carbonyl (C=O) groups is 1. The van der Waals surface area contributed by atoms with Gasteiger partial charge in [0.05, 0.1) is 6.61 Å². The second kappa shape index (κ2) is 4.28. The molecule has 0 aliphatic carbocycles. The SMILES string of the molecule is CC(C)(Nc1ccc2c(c1)CCCO2)C(=O)O. The standard InChI is InChI=1S/C13H17NO3/c1-13(2,12(15)16)14-10-5-6-11-9(8-10)4-3-7-17-11/h5-6,8,14H,3-4,7H2,1-2H3,(H,15,16). The van der Waals surface area contributed by atoms with Crippen molar-refractivity contribution in [3.63, 3.8) is 0 Å². The zero-order valence-corrected chi connectivity index (χ0v) is 10.1. The molecule has 0 radical (unpaired) electrons. The van der Waals surface area contributed by atoms with Crippen LogP contribution < -0.4 is 10.1 Å². The van der Waals surface area contributed by atoms with Crippen LogP contribution in [0, 0.1) is 0 Å². The van der Waals surface area contributed by atoms with Gasteiger partial charge in [0.1, 0.15) is 11.3 Å². The number of benzene rings is 1. The first-order chi connectivity index (χ1) is 7.99. The lowest BCUT2D eigenvalue weighted by Gasteiger charge is -2.24. The number of aliphatic carboxylic acids is 1. The lowest BCUT2D eigenvalue weighted by molar-refractivity contribution is -0.141. The van der Waals surface area contributed by atoms with Crippen molar-refractivity contribution in [1.82, 2.24) is 0 Å². The molecule has 0 amide bonds. The van der Waals surface area contributed by atoms with Gasteiger partial charge in [-0.25, -0.2) is 4.79 Å². The molecule has 0 aromatic heterocycles. The zero-order chi connectivity index (χ0) is 12.5. The maximum atomic E-state index is 11.0. The zero-order valence-electron chi connectivity index (χ0n) is 10.1. The molecule has 2 N–H and O–H groups in total. The predicted molar refractivity (Wildman–Crippen MR) is 65.6 cm³/mol. The highest BCUT2D eigenvalue weighted by Gasteiger charge is 2.26. The Kier molecular flexibility index (Phi) is 2.96. The largest absolute Gasteiger partial charge is 0.493 e. The summed E-state index contributed by atoms with van der Waals surface area (Å²) in [6.07, 6.45) is 2.00. The fourth-order valence-electron chi connectivity index (χ4n) is 1.85. The maximum absolute atomic E-state index is 11.0. The molecule has 0 saturated heterocycles. The van der Waals surface area contributed by atoms with Crippen molar-refractivity contribution >= 4 is 11.7 Å². The van der Waals surface area contributed by atoms with Crippen molar-refractivity contribution in [2.75, 3.05) is 11.9 Å². The summed E-state index contributed by atoms with van der Waals surface area (Å²) >= 11 is 0. The van der Waals surface area contributed by atoms with Crippen molar-refractivity contribution in [3.05, 3.63) is 23.8 Å². The fraction of sp³-hybridized carbons (Fsp3) is 0.462. The van der Waals surface area contributed by atoms with Crippen molar-refractivity contribution in [1.29, 1.82) is 0 Å². The van der Waals surface area contributed by atoms with Gasteiger partial charge in [0.25, 0.3) is 0 Å². The molecule has 1 aromatic rings. The van der Waals surface area contributed by atoms with E-state index in [4.69, 9.17) is 9.84 Å². The second-order valence-corrected chi connectivity index (χ2v) is 4.83. The van der Waals surface area contributed by atoms with E-state index in [0.29, 0.717) is 0 Å². The Labute approximate surface area is 101 Å². The number of anilines is 1. The van der Waals surface area contributed by atoms with Gasteiger partial charge in [-0.1, -0.05) is 0 Å². The summed E-state index contributed by atoms with van der Waals surface area (Å²) in [7, 11) is 0. The summed E-state index contributed by atoms with van der Waals surface area (Å²) in [4.78, 5) is 11.0. The summed E-state index contributed by atoms with van der Waals surface area (Å²) in [6.45, 7) is 4.05. The first-order valence-corrected chi connectivity index (χ1v) is 5.76. The van der Waals surface area contributed by atoms with Crippen molar-refractivity contribution in [2.45, 2.75) is 32.2 Å². The van der Waals surface area contributed by atoms with Gasteiger partial charge in [0.2, 0.25) is 0 Å². The molecule has 17 heavy (non-hydrogen) atoms. The van der Waals surface area contributed by atoms with Crippen molar-refractivity contribution in [3.8, 4) is 5.75 Å². The Bertz CT molecular complexity index is 440. The van der Waals surface area contributed by atoms with Crippen LogP contribution in [0.1, 0.15) is 25.8 Å². The van der Waals surface area contributed by atoms with E-state index in [1.807, 2.05) is 18.2 Å². The number of hydrogen-bond donors (Lipinski definition) is 2. The average molecular weight is 235 g/mol. The van der Waals surface area contributed by atoms with Gasteiger partial charge in [-0.05, 0) is 50.5 Å². The minimum Gasteiger partial charge on any atom is -0.493 e. The van der Waals surface area contributed by atoms with Crippen LogP contribution in [0.3, 0.4) is 0 Å². The van der Waals surface area contributed by atoms with Gasteiger partial charge in [0, 0.05) is 5.69 Å². The molecule has 1 aliphatic heterocycles. The lowest BCUT2D eigenvalue weighted by Crippen LogP contribution is -2.39. The van der Waals surface area contributed by atoms with E-state index in [0.717, 1.165) is 36.4 Å². The van der Waals surface area contributed by atoms with Crippen LogP contribution >= 0.6 is 0 Å². The molecule has 4 heteroatoms. The summed E-state index contributed by atoms with van der Waals surface area (Å²) in [5.41, 5.74) is 0.994. The number of hydrogen-bond acceptors (Lipinski definition) is 3. The normalized spacial score (nSPS) is 14.7. The Morgan fingerprint density at radius 1 is 1.47 bits per heavy atom. The topological polar surface area (TPSA) is 58.6 Å². The lowest BCUT2D eigenvalue weighted by atomic mass is 10.0. The monoisotopic (exact) mass is 235 g/mol. The molecule has 1 heterocycles. The Morgan fingerprint density at radius 2 is 2.24 bits per heavy atom. The van der Waals surface area contributed by atoms with Gasteiger partial charge >= 0.3 is 5.97 Å². The Hall–Kier alpha value is -1.71. The molecule has 92 valence electrons. The Balaban J connectivity index is 2.20. The van der Waals surface area contributed by atoms with Crippen molar-refractivity contribution in [2.24, 2.45) is 0 Å². The van der Waals surface area contributed by atoms with Crippen LogP contribution in [-0.2, 0) is 11.2 Å². The van der Waals surface area contributed by atoms with Gasteiger partial charge < -0.3 is 15.2 Å². The van der Waals surface area contributed by atoms with Gasteiger partial charge in [-0.3, -0.25) is 0 Å². The van der Waals surface area contributed by atoms with Gasteiger partial charge in [-0.15, -0.1) is 0 Å². The minimum atomic E-state index is -0.968.